The third-order valence-corrected chi connectivity index (χ3v) is 5.18. The third-order valence-electron chi connectivity index (χ3n) is 5.18. The summed E-state index contributed by atoms with van der Waals surface area (Å²) in [5.41, 5.74) is 3.20. The Morgan fingerprint density at radius 3 is 2.38 bits per heavy atom. The number of nitrogens with one attached hydrogen (secondary N) is 2. The van der Waals surface area contributed by atoms with Crippen LogP contribution in [0.15, 0.2) is 53.5 Å². The van der Waals surface area contributed by atoms with E-state index < -0.39 is 6.10 Å². The van der Waals surface area contributed by atoms with Gasteiger partial charge in [0.15, 0.2) is 5.96 Å². The van der Waals surface area contributed by atoms with Crippen molar-refractivity contribution in [2.75, 3.05) is 44.3 Å². The summed E-state index contributed by atoms with van der Waals surface area (Å²) >= 11 is 0. The first kappa shape index (κ1) is 23.9. The summed E-state index contributed by atoms with van der Waals surface area (Å²) in [5.74, 6) is 1.49. The van der Waals surface area contributed by atoms with Crippen molar-refractivity contribution in [2.24, 2.45) is 4.99 Å². The van der Waals surface area contributed by atoms with Gasteiger partial charge in [-0.25, -0.2) is 4.99 Å². The Bertz CT molecular complexity index is 831. The van der Waals surface area contributed by atoms with Crippen LogP contribution in [0.1, 0.15) is 38.0 Å². The normalized spacial score (nSPS) is 15.5. The van der Waals surface area contributed by atoms with Crippen molar-refractivity contribution in [1.29, 1.82) is 0 Å². The zero-order chi connectivity index (χ0) is 22.8. The highest BCUT2D eigenvalue weighted by molar-refractivity contribution is 5.79. The molecular weight excluding hydrogens is 404 g/mol. The molecule has 0 spiro atoms. The summed E-state index contributed by atoms with van der Waals surface area (Å²) in [4.78, 5) is 7.01. The minimum Gasteiger partial charge on any atom is -0.491 e. The van der Waals surface area contributed by atoms with Gasteiger partial charge < -0.3 is 30.1 Å². The van der Waals surface area contributed by atoms with Crippen molar-refractivity contribution in [3.8, 4) is 5.75 Å². The van der Waals surface area contributed by atoms with Gasteiger partial charge in [-0.15, -0.1) is 0 Å². The molecule has 1 aliphatic rings. The Balaban J connectivity index is 1.52. The number of ether oxygens (including phenoxy) is 2. The fourth-order valence-electron chi connectivity index (χ4n) is 3.50. The molecule has 174 valence electrons. The maximum absolute atomic E-state index is 10.6. The first-order chi connectivity index (χ1) is 15.5. The summed E-state index contributed by atoms with van der Waals surface area (Å²) < 4.78 is 11.1. The van der Waals surface area contributed by atoms with Gasteiger partial charge in [0.25, 0.3) is 0 Å². The van der Waals surface area contributed by atoms with Crippen LogP contribution in [-0.4, -0.2) is 56.6 Å². The molecule has 0 aromatic heterocycles. The summed E-state index contributed by atoms with van der Waals surface area (Å²) in [6.07, 6.45) is -0.512. The first-order valence-electron chi connectivity index (χ1n) is 11.4. The van der Waals surface area contributed by atoms with Crippen LogP contribution in [0.5, 0.6) is 5.75 Å². The number of aliphatic hydroxyl groups is 1. The summed E-state index contributed by atoms with van der Waals surface area (Å²) in [7, 11) is 0. The molecule has 0 aliphatic carbocycles. The average molecular weight is 441 g/mol. The Kier molecular flexibility index (Phi) is 9.19. The lowest BCUT2D eigenvalue weighted by molar-refractivity contribution is 0.122. The van der Waals surface area contributed by atoms with Crippen LogP contribution in [0.25, 0.3) is 0 Å². The largest absolute Gasteiger partial charge is 0.491 e. The van der Waals surface area contributed by atoms with Gasteiger partial charge in [-0.2, -0.15) is 0 Å². The lowest BCUT2D eigenvalue weighted by Crippen LogP contribution is -2.39. The Morgan fingerprint density at radius 2 is 1.75 bits per heavy atom. The quantitative estimate of drug-likeness (QED) is 0.411. The third kappa shape index (κ3) is 7.43. The molecule has 1 unspecified atom stereocenters. The molecule has 1 fully saturated rings. The summed E-state index contributed by atoms with van der Waals surface area (Å²) in [5, 5.41) is 17.0. The van der Waals surface area contributed by atoms with Crippen LogP contribution in [-0.2, 0) is 11.3 Å². The van der Waals surface area contributed by atoms with Crippen molar-refractivity contribution >= 4 is 11.6 Å². The predicted molar refractivity (Wildman–Crippen MR) is 129 cm³/mol. The topological polar surface area (TPSA) is 78.4 Å². The van der Waals surface area contributed by atoms with Crippen molar-refractivity contribution in [3.05, 3.63) is 59.7 Å². The van der Waals surface area contributed by atoms with Gasteiger partial charge in [0.05, 0.1) is 32.0 Å². The minimum atomic E-state index is -0.639. The number of aliphatic hydroxyl groups excluding tert-OH is 1. The van der Waals surface area contributed by atoms with Crippen LogP contribution >= 0.6 is 0 Å². The van der Waals surface area contributed by atoms with E-state index in [0.717, 1.165) is 49.7 Å². The fourth-order valence-corrected chi connectivity index (χ4v) is 3.50. The number of anilines is 1. The standard InChI is InChI=1S/C25H36N4O3/c1-4-26-25(28-18-24(30)21-7-11-23(12-8-21)32-19(2)3)27-17-20-5-9-22(10-6-20)29-13-15-31-16-14-29/h5-12,19,24,30H,4,13-18H2,1-3H3,(H2,26,27,28). The predicted octanol–water partition coefficient (Wildman–Crippen LogP) is 3.10. The summed E-state index contributed by atoms with van der Waals surface area (Å²) in [6.45, 7) is 11.1. The van der Waals surface area contributed by atoms with E-state index in [1.165, 1.54) is 5.69 Å². The second-order valence-corrected chi connectivity index (χ2v) is 8.09. The van der Waals surface area contributed by atoms with E-state index in [4.69, 9.17) is 9.47 Å². The average Bonchev–Trinajstić information content (AvgIpc) is 2.81. The molecule has 7 heteroatoms. The lowest BCUT2D eigenvalue weighted by atomic mass is 10.1. The molecule has 1 saturated heterocycles. The highest BCUT2D eigenvalue weighted by atomic mass is 16.5. The molecule has 2 aromatic rings. The highest BCUT2D eigenvalue weighted by Gasteiger charge is 2.11. The monoisotopic (exact) mass is 440 g/mol. The highest BCUT2D eigenvalue weighted by Crippen LogP contribution is 2.19. The number of benzene rings is 2. The fraction of sp³-hybridized carbons (Fsp3) is 0.480. The van der Waals surface area contributed by atoms with Gasteiger partial charge in [-0.3, -0.25) is 0 Å². The van der Waals surface area contributed by atoms with Crippen molar-refractivity contribution in [3.63, 3.8) is 0 Å². The second kappa shape index (κ2) is 12.3. The molecule has 3 N–H and O–H groups in total. The Hall–Kier alpha value is -2.77. The van der Waals surface area contributed by atoms with E-state index in [0.29, 0.717) is 19.0 Å². The molecular formula is C25H36N4O3. The van der Waals surface area contributed by atoms with Crippen molar-refractivity contribution < 1.29 is 14.6 Å². The molecule has 1 aliphatic heterocycles. The summed E-state index contributed by atoms with van der Waals surface area (Å²) in [6, 6.07) is 16.1. The maximum Gasteiger partial charge on any atom is 0.191 e. The number of hydrogen-bond donors (Lipinski definition) is 3. The van der Waals surface area contributed by atoms with E-state index in [1.54, 1.807) is 0 Å². The van der Waals surface area contributed by atoms with Gasteiger partial charge >= 0.3 is 0 Å². The van der Waals surface area contributed by atoms with Gasteiger partial charge in [-0.1, -0.05) is 24.3 Å². The SMILES string of the molecule is CCNC(=NCc1ccc(N2CCOCC2)cc1)NCC(O)c1ccc(OC(C)C)cc1. The number of nitrogens with zero attached hydrogens (tertiary/aromatic N) is 2. The number of rotatable bonds is 9. The van der Waals surface area contributed by atoms with Crippen LogP contribution in [0, 0.1) is 0 Å². The van der Waals surface area contributed by atoms with Gasteiger partial charge in [-0.05, 0) is 56.2 Å². The zero-order valence-corrected chi connectivity index (χ0v) is 19.4. The molecule has 0 radical (unpaired) electrons. The molecule has 7 nitrogen and oxygen atoms in total. The van der Waals surface area contributed by atoms with E-state index in [1.807, 2.05) is 45.0 Å². The molecule has 32 heavy (non-hydrogen) atoms. The van der Waals surface area contributed by atoms with Gasteiger partial charge in [0, 0.05) is 31.9 Å². The van der Waals surface area contributed by atoms with Crippen LogP contribution in [0.4, 0.5) is 5.69 Å². The maximum atomic E-state index is 10.6. The second-order valence-electron chi connectivity index (χ2n) is 8.09. The zero-order valence-electron chi connectivity index (χ0n) is 19.4. The molecule has 0 amide bonds. The number of guanidine groups is 1. The van der Waals surface area contributed by atoms with E-state index in [-0.39, 0.29) is 6.10 Å². The van der Waals surface area contributed by atoms with E-state index >= 15 is 0 Å². The molecule has 1 atom stereocenters. The number of morpholine rings is 1. The Morgan fingerprint density at radius 1 is 1.06 bits per heavy atom. The van der Waals surface area contributed by atoms with Crippen molar-refractivity contribution in [1.82, 2.24) is 10.6 Å². The molecule has 2 aromatic carbocycles. The lowest BCUT2D eigenvalue weighted by Gasteiger charge is -2.28. The van der Waals surface area contributed by atoms with Crippen molar-refractivity contribution in [2.45, 2.75) is 39.5 Å². The molecule has 0 saturated carbocycles. The Labute approximate surface area is 191 Å². The van der Waals surface area contributed by atoms with Gasteiger partial charge in [0.1, 0.15) is 5.75 Å². The van der Waals surface area contributed by atoms with Crippen LogP contribution < -0.4 is 20.3 Å². The number of aliphatic imine (C=N–C) groups is 1. The smallest absolute Gasteiger partial charge is 0.191 e. The van der Waals surface area contributed by atoms with E-state index in [2.05, 4.69) is 44.8 Å². The van der Waals surface area contributed by atoms with Crippen LogP contribution in [0.3, 0.4) is 0 Å². The molecule has 1 heterocycles. The van der Waals surface area contributed by atoms with Crippen LogP contribution in [0.2, 0.25) is 0 Å². The first-order valence-corrected chi connectivity index (χ1v) is 11.4. The molecule has 0 bridgehead atoms. The number of hydrogen-bond acceptors (Lipinski definition) is 5. The minimum absolute atomic E-state index is 0.127. The van der Waals surface area contributed by atoms with E-state index in [9.17, 15) is 5.11 Å². The van der Waals surface area contributed by atoms with Gasteiger partial charge in [0.2, 0.25) is 0 Å². The molecule has 3 rings (SSSR count).